The maximum Gasteiger partial charge on any atom is 0.408 e. The molecule has 1 amide bonds. The number of hydrogen-bond donors (Lipinski definition) is 2. The molecule has 0 bridgehead atoms. The zero-order chi connectivity index (χ0) is 20.9. The van der Waals surface area contributed by atoms with Crippen molar-refractivity contribution in [2.75, 3.05) is 0 Å². The SMILES string of the molecule is CC(C)(C)OC(=O)N[C@@H](Cc1ccc(Cc2c(Cl)cccc2Cl)cc1)C(=O)O. The van der Waals surface area contributed by atoms with Crippen molar-refractivity contribution in [3.63, 3.8) is 0 Å². The van der Waals surface area contributed by atoms with Gasteiger partial charge >= 0.3 is 12.1 Å². The molecule has 7 heteroatoms. The maximum atomic E-state index is 11.9. The molecule has 0 saturated carbocycles. The largest absolute Gasteiger partial charge is 0.480 e. The average molecular weight is 424 g/mol. The van der Waals surface area contributed by atoms with Crippen molar-refractivity contribution in [3.8, 4) is 0 Å². The topological polar surface area (TPSA) is 75.6 Å². The summed E-state index contributed by atoms with van der Waals surface area (Å²) in [5.41, 5.74) is 1.91. The summed E-state index contributed by atoms with van der Waals surface area (Å²) < 4.78 is 5.13. The Bertz CT molecular complexity index is 824. The molecule has 0 radical (unpaired) electrons. The predicted molar refractivity (Wildman–Crippen MR) is 110 cm³/mol. The molecule has 0 aromatic heterocycles. The second-order valence-electron chi connectivity index (χ2n) is 7.43. The number of ether oxygens (including phenoxy) is 1. The Morgan fingerprint density at radius 1 is 1.04 bits per heavy atom. The van der Waals surface area contributed by atoms with E-state index in [2.05, 4.69) is 5.32 Å². The number of carbonyl (C=O) groups is 2. The highest BCUT2D eigenvalue weighted by Crippen LogP contribution is 2.27. The van der Waals surface area contributed by atoms with Crippen LogP contribution >= 0.6 is 23.2 Å². The van der Waals surface area contributed by atoms with Gasteiger partial charge in [-0.1, -0.05) is 53.5 Å². The van der Waals surface area contributed by atoms with Crippen molar-refractivity contribution in [3.05, 3.63) is 69.2 Å². The molecule has 0 heterocycles. The fraction of sp³-hybridized carbons (Fsp3) is 0.333. The first-order chi connectivity index (χ1) is 13.0. The van der Waals surface area contributed by atoms with Gasteiger partial charge in [-0.2, -0.15) is 0 Å². The van der Waals surface area contributed by atoms with Crippen LogP contribution in [0, 0.1) is 0 Å². The lowest BCUT2D eigenvalue weighted by Crippen LogP contribution is -2.44. The van der Waals surface area contributed by atoms with Gasteiger partial charge in [-0.15, -0.1) is 0 Å². The maximum absolute atomic E-state index is 11.9. The van der Waals surface area contributed by atoms with Crippen LogP contribution in [0.15, 0.2) is 42.5 Å². The fourth-order valence-corrected chi connectivity index (χ4v) is 3.12. The monoisotopic (exact) mass is 423 g/mol. The predicted octanol–water partition coefficient (Wildman–Crippen LogP) is 5.10. The molecule has 0 aliphatic carbocycles. The van der Waals surface area contributed by atoms with E-state index in [0.29, 0.717) is 16.5 Å². The number of hydrogen-bond acceptors (Lipinski definition) is 3. The molecule has 0 saturated heterocycles. The summed E-state index contributed by atoms with van der Waals surface area (Å²) in [4.78, 5) is 23.4. The first kappa shape index (κ1) is 22.1. The van der Waals surface area contributed by atoms with Crippen LogP contribution in [-0.2, 0) is 22.4 Å². The van der Waals surface area contributed by atoms with E-state index in [1.54, 1.807) is 39.0 Å². The van der Waals surface area contributed by atoms with E-state index in [0.717, 1.165) is 16.7 Å². The van der Waals surface area contributed by atoms with Crippen LogP contribution in [0.1, 0.15) is 37.5 Å². The minimum absolute atomic E-state index is 0.141. The normalized spacial score (nSPS) is 12.3. The van der Waals surface area contributed by atoms with Crippen LogP contribution in [-0.4, -0.2) is 28.8 Å². The minimum Gasteiger partial charge on any atom is -0.480 e. The average Bonchev–Trinajstić information content (AvgIpc) is 2.57. The Balaban J connectivity index is 2.05. The zero-order valence-corrected chi connectivity index (χ0v) is 17.5. The molecule has 2 aromatic carbocycles. The number of carboxylic acid groups (broad SMARTS) is 1. The molecule has 2 aromatic rings. The molecule has 0 unspecified atom stereocenters. The molecule has 0 spiro atoms. The second-order valence-corrected chi connectivity index (χ2v) is 8.25. The first-order valence-corrected chi connectivity index (χ1v) is 9.54. The highest BCUT2D eigenvalue weighted by atomic mass is 35.5. The quantitative estimate of drug-likeness (QED) is 0.676. The molecular formula is C21H23Cl2NO4. The number of amides is 1. The highest BCUT2D eigenvalue weighted by molar-refractivity contribution is 6.36. The summed E-state index contributed by atoms with van der Waals surface area (Å²) in [6.07, 6.45) is -0.0520. The van der Waals surface area contributed by atoms with Gasteiger partial charge in [0.25, 0.3) is 0 Å². The van der Waals surface area contributed by atoms with Gasteiger partial charge in [-0.25, -0.2) is 9.59 Å². The van der Waals surface area contributed by atoms with Crippen LogP contribution in [0.2, 0.25) is 10.0 Å². The van der Waals surface area contributed by atoms with Crippen LogP contribution in [0.25, 0.3) is 0 Å². The van der Waals surface area contributed by atoms with Gasteiger partial charge in [0, 0.05) is 22.9 Å². The van der Waals surface area contributed by atoms with Crippen molar-refractivity contribution in [2.45, 2.75) is 45.3 Å². The smallest absolute Gasteiger partial charge is 0.408 e. The molecule has 28 heavy (non-hydrogen) atoms. The van der Waals surface area contributed by atoms with E-state index >= 15 is 0 Å². The van der Waals surface area contributed by atoms with E-state index in [1.807, 2.05) is 24.3 Å². The lowest BCUT2D eigenvalue weighted by atomic mass is 10.0. The number of rotatable bonds is 6. The Morgan fingerprint density at radius 2 is 1.57 bits per heavy atom. The summed E-state index contributed by atoms with van der Waals surface area (Å²) in [6, 6.07) is 11.7. The molecule has 2 rings (SSSR count). The van der Waals surface area contributed by atoms with Crippen LogP contribution < -0.4 is 5.32 Å². The third kappa shape index (κ3) is 6.73. The summed E-state index contributed by atoms with van der Waals surface area (Å²) in [7, 11) is 0. The summed E-state index contributed by atoms with van der Waals surface area (Å²) in [5.74, 6) is -1.13. The molecular weight excluding hydrogens is 401 g/mol. The molecule has 150 valence electrons. The van der Waals surface area contributed by atoms with Crippen LogP contribution in [0.5, 0.6) is 0 Å². The van der Waals surface area contributed by atoms with Crippen molar-refractivity contribution in [1.29, 1.82) is 0 Å². The lowest BCUT2D eigenvalue weighted by molar-refractivity contribution is -0.139. The third-order valence-corrected chi connectivity index (χ3v) is 4.60. The van der Waals surface area contributed by atoms with Crippen molar-refractivity contribution in [1.82, 2.24) is 5.32 Å². The van der Waals surface area contributed by atoms with E-state index in [9.17, 15) is 14.7 Å². The van der Waals surface area contributed by atoms with E-state index < -0.39 is 23.7 Å². The number of alkyl carbamates (subject to hydrolysis) is 1. The van der Waals surface area contributed by atoms with Gasteiger partial charge in [0.1, 0.15) is 11.6 Å². The third-order valence-electron chi connectivity index (χ3n) is 3.89. The first-order valence-electron chi connectivity index (χ1n) is 8.78. The van der Waals surface area contributed by atoms with E-state index in [-0.39, 0.29) is 6.42 Å². The van der Waals surface area contributed by atoms with Crippen molar-refractivity contribution < 1.29 is 19.4 Å². The number of carboxylic acids is 1. The number of aliphatic carboxylic acids is 1. The molecule has 2 N–H and O–H groups in total. The fourth-order valence-electron chi connectivity index (χ4n) is 2.58. The lowest BCUT2D eigenvalue weighted by Gasteiger charge is -2.22. The Morgan fingerprint density at radius 3 is 2.07 bits per heavy atom. The second kappa shape index (κ2) is 9.30. The Kier molecular flexibility index (Phi) is 7.33. The van der Waals surface area contributed by atoms with Gasteiger partial charge in [0.15, 0.2) is 0 Å². The van der Waals surface area contributed by atoms with Gasteiger partial charge in [0.2, 0.25) is 0 Å². The van der Waals surface area contributed by atoms with Gasteiger partial charge in [-0.3, -0.25) is 0 Å². The molecule has 0 fully saturated rings. The Hall–Kier alpha value is -2.24. The van der Waals surface area contributed by atoms with Crippen LogP contribution in [0.4, 0.5) is 4.79 Å². The number of benzene rings is 2. The van der Waals surface area contributed by atoms with Crippen LogP contribution in [0.3, 0.4) is 0 Å². The van der Waals surface area contributed by atoms with Gasteiger partial charge in [0.05, 0.1) is 0 Å². The Labute approximate surface area is 174 Å². The standard InChI is InChI=1S/C21H23Cl2NO4/c1-21(2,3)28-20(27)24-18(19(25)26)12-14-9-7-13(8-10-14)11-15-16(22)5-4-6-17(15)23/h4-10,18H,11-12H2,1-3H3,(H,24,27)(H,25,26)/t18-/m0/s1. The molecule has 1 atom stereocenters. The molecule has 5 nitrogen and oxygen atoms in total. The van der Waals surface area contributed by atoms with Gasteiger partial charge in [-0.05, 0) is 49.6 Å². The molecule has 0 aliphatic heterocycles. The minimum atomic E-state index is -1.13. The number of carbonyl (C=O) groups excluding carboxylic acids is 1. The zero-order valence-electron chi connectivity index (χ0n) is 16.0. The van der Waals surface area contributed by atoms with E-state index in [1.165, 1.54) is 0 Å². The number of nitrogens with one attached hydrogen (secondary N) is 1. The van der Waals surface area contributed by atoms with Crippen molar-refractivity contribution >= 4 is 35.3 Å². The highest BCUT2D eigenvalue weighted by Gasteiger charge is 2.24. The van der Waals surface area contributed by atoms with Gasteiger partial charge < -0.3 is 15.2 Å². The van der Waals surface area contributed by atoms with Crippen molar-refractivity contribution in [2.24, 2.45) is 0 Å². The van der Waals surface area contributed by atoms with E-state index in [4.69, 9.17) is 27.9 Å². The summed E-state index contributed by atoms with van der Waals surface area (Å²) in [5, 5.41) is 13.0. The number of halogens is 2. The molecule has 0 aliphatic rings. The summed E-state index contributed by atoms with van der Waals surface area (Å²) >= 11 is 12.4. The summed E-state index contributed by atoms with van der Waals surface area (Å²) in [6.45, 7) is 5.14.